The molecule has 0 aromatic heterocycles. The Balaban J connectivity index is 2.30. The molecule has 2 nitrogen and oxygen atoms in total. The van der Waals surface area contributed by atoms with Crippen molar-refractivity contribution in [2.75, 3.05) is 13.2 Å². The molecule has 1 heterocycles. The van der Waals surface area contributed by atoms with Gasteiger partial charge in [0.1, 0.15) is 0 Å². The summed E-state index contributed by atoms with van der Waals surface area (Å²) in [5.74, 6) is 0. The Morgan fingerprint density at radius 2 is 1.45 bits per heavy atom. The number of aliphatic hydroxyl groups is 2. The zero-order chi connectivity index (χ0) is 15.5. The minimum Gasteiger partial charge on any atom is -0.396 e. The summed E-state index contributed by atoms with van der Waals surface area (Å²) in [5.41, 5.74) is 4.37. The van der Waals surface area contributed by atoms with Gasteiger partial charge in [-0.3, -0.25) is 0 Å². The molecule has 2 aromatic rings. The smallest absolute Gasteiger partial charge is 0.0471 e. The SMILES string of the molecule is OCCC1=C(CCO)c2cc(Cl)ccc2Sc2ccccc21. The molecule has 1 aliphatic rings. The summed E-state index contributed by atoms with van der Waals surface area (Å²) < 4.78 is 0. The molecule has 2 aromatic carbocycles. The average Bonchev–Trinajstić information content (AvgIpc) is 2.64. The molecule has 0 spiro atoms. The third-order valence-electron chi connectivity index (χ3n) is 3.79. The van der Waals surface area contributed by atoms with Crippen molar-refractivity contribution in [2.45, 2.75) is 22.6 Å². The van der Waals surface area contributed by atoms with Crippen LogP contribution in [0.4, 0.5) is 0 Å². The van der Waals surface area contributed by atoms with Gasteiger partial charge in [0, 0.05) is 28.0 Å². The molecule has 2 N–H and O–H groups in total. The van der Waals surface area contributed by atoms with E-state index in [1.165, 1.54) is 4.90 Å². The summed E-state index contributed by atoms with van der Waals surface area (Å²) in [4.78, 5) is 2.30. The molecule has 0 aliphatic carbocycles. The van der Waals surface area contributed by atoms with E-state index in [4.69, 9.17) is 11.6 Å². The number of benzene rings is 2. The fourth-order valence-corrected chi connectivity index (χ4v) is 4.16. The molecule has 0 atom stereocenters. The Morgan fingerprint density at radius 1 is 0.818 bits per heavy atom. The maximum Gasteiger partial charge on any atom is 0.0471 e. The number of halogens is 1. The second kappa shape index (κ2) is 6.88. The third-order valence-corrected chi connectivity index (χ3v) is 5.17. The first kappa shape index (κ1) is 15.6. The van der Waals surface area contributed by atoms with Gasteiger partial charge in [-0.05, 0) is 59.4 Å². The lowest BCUT2D eigenvalue weighted by Gasteiger charge is -2.15. The van der Waals surface area contributed by atoms with E-state index in [0.29, 0.717) is 17.9 Å². The van der Waals surface area contributed by atoms with Gasteiger partial charge < -0.3 is 10.2 Å². The molecule has 114 valence electrons. The molecule has 22 heavy (non-hydrogen) atoms. The van der Waals surface area contributed by atoms with Crippen LogP contribution in [0.2, 0.25) is 5.02 Å². The maximum atomic E-state index is 9.50. The van der Waals surface area contributed by atoms with Gasteiger partial charge in [-0.25, -0.2) is 0 Å². The van der Waals surface area contributed by atoms with E-state index in [1.54, 1.807) is 11.8 Å². The lowest BCUT2D eigenvalue weighted by Crippen LogP contribution is -1.98. The van der Waals surface area contributed by atoms with Crippen molar-refractivity contribution in [1.82, 2.24) is 0 Å². The molecular formula is C18H17ClO2S. The first-order chi connectivity index (χ1) is 10.7. The molecule has 0 bridgehead atoms. The minimum atomic E-state index is 0.0725. The lowest BCUT2D eigenvalue weighted by molar-refractivity contribution is 0.301. The van der Waals surface area contributed by atoms with Crippen molar-refractivity contribution >= 4 is 34.5 Å². The highest BCUT2D eigenvalue weighted by atomic mass is 35.5. The third kappa shape index (κ3) is 2.95. The lowest BCUT2D eigenvalue weighted by atomic mass is 9.91. The number of rotatable bonds is 4. The normalized spacial score (nSPS) is 13.6. The van der Waals surface area contributed by atoms with Gasteiger partial charge in [0.05, 0.1) is 0 Å². The van der Waals surface area contributed by atoms with Crippen LogP contribution in [0.1, 0.15) is 24.0 Å². The van der Waals surface area contributed by atoms with E-state index >= 15 is 0 Å². The van der Waals surface area contributed by atoms with Crippen LogP contribution in [0.25, 0.3) is 11.1 Å². The van der Waals surface area contributed by atoms with E-state index in [9.17, 15) is 10.2 Å². The van der Waals surface area contributed by atoms with Crippen molar-refractivity contribution in [2.24, 2.45) is 0 Å². The zero-order valence-corrected chi connectivity index (χ0v) is 13.6. The summed E-state index contributed by atoms with van der Waals surface area (Å²) in [7, 11) is 0. The number of hydrogen-bond acceptors (Lipinski definition) is 3. The van der Waals surface area contributed by atoms with Gasteiger partial charge in [-0.1, -0.05) is 41.6 Å². The second-order valence-electron chi connectivity index (χ2n) is 5.14. The predicted octanol–water partition coefficient (Wildman–Crippen LogP) is 4.48. The maximum absolute atomic E-state index is 9.50. The Morgan fingerprint density at radius 3 is 2.18 bits per heavy atom. The highest BCUT2D eigenvalue weighted by Gasteiger charge is 2.21. The van der Waals surface area contributed by atoms with Gasteiger partial charge in [-0.2, -0.15) is 0 Å². The molecule has 0 saturated heterocycles. The number of hydrogen-bond donors (Lipinski definition) is 2. The van der Waals surface area contributed by atoms with E-state index < -0.39 is 0 Å². The first-order valence-electron chi connectivity index (χ1n) is 7.25. The molecule has 0 saturated carbocycles. The predicted molar refractivity (Wildman–Crippen MR) is 92.2 cm³/mol. The topological polar surface area (TPSA) is 40.5 Å². The zero-order valence-electron chi connectivity index (χ0n) is 12.1. The van der Waals surface area contributed by atoms with E-state index in [1.807, 2.05) is 30.3 Å². The average molecular weight is 333 g/mol. The Hall–Kier alpha value is -1.26. The van der Waals surface area contributed by atoms with Crippen molar-refractivity contribution in [1.29, 1.82) is 0 Å². The van der Waals surface area contributed by atoms with Crippen LogP contribution >= 0.6 is 23.4 Å². The van der Waals surface area contributed by atoms with Crippen molar-refractivity contribution < 1.29 is 10.2 Å². The number of fused-ring (bicyclic) bond motifs is 2. The van der Waals surface area contributed by atoms with E-state index in [2.05, 4.69) is 12.1 Å². The molecule has 0 amide bonds. The van der Waals surface area contributed by atoms with Crippen LogP contribution in [-0.2, 0) is 0 Å². The van der Waals surface area contributed by atoms with Crippen molar-refractivity contribution in [3.05, 3.63) is 58.6 Å². The molecule has 0 radical (unpaired) electrons. The van der Waals surface area contributed by atoms with Gasteiger partial charge in [0.2, 0.25) is 0 Å². The van der Waals surface area contributed by atoms with Gasteiger partial charge in [0.25, 0.3) is 0 Å². The Kier molecular flexibility index (Phi) is 4.89. The molecule has 4 heteroatoms. The van der Waals surface area contributed by atoms with Crippen LogP contribution in [-0.4, -0.2) is 23.4 Å². The van der Waals surface area contributed by atoms with Crippen LogP contribution in [0.15, 0.2) is 52.3 Å². The first-order valence-corrected chi connectivity index (χ1v) is 8.45. The van der Waals surface area contributed by atoms with Gasteiger partial charge in [-0.15, -0.1) is 0 Å². The summed E-state index contributed by atoms with van der Waals surface area (Å²) >= 11 is 7.90. The Labute approximate surface area is 139 Å². The molecular weight excluding hydrogens is 316 g/mol. The fraction of sp³-hybridized carbons (Fsp3) is 0.222. The fourth-order valence-electron chi connectivity index (χ4n) is 2.87. The summed E-state index contributed by atoms with van der Waals surface area (Å²) in [5, 5.41) is 19.7. The van der Waals surface area contributed by atoms with E-state index in [0.717, 1.165) is 27.2 Å². The monoisotopic (exact) mass is 332 g/mol. The quantitative estimate of drug-likeness (QED) is 0.867. The highest BCUT2D eigenvalue weighted by molar-refractivity contribution is 7.99. The minimum absolute atomic E-state index is 0.0725. The summed E-state index contributed by atoms with van der Waals surface area (Å²) in [6.07, 6.45) is 1.12. The van der Waals surface area contributed by atoms with Gasteiger partial charge >= 0.3 is 0 Å². The molecule has 3 rings (SSSR count). The van der Waals surface area contributed by atoms with Gasteiger partial charge in [0.15, 0.2) is 0 Å². The largest absolute Gasteiger partial charge is 0.396 e. The van der Waals surface area contributed by atoms with Crippen molar-refractivity contribution in [3.8, 4) is 0 Å². The second-order valence-corrected chi connectivity index (χ2v) is 6.66. The molecule has 0 unspecified atom stereocenters. The van der Waals surface area contributed by atoms with Crippen LogP contribution in [0.3, 0.4) is 0 Å². The van der Waals surface area contributed by atoms with Crippen molar-refractivity contribution in [3.63, 3.8) is 0 Å². The summed E-state index contributed by atoms with van der Waals surface area (Å²) in [6.45, 7) is 0.155. The van der Waals surface area contributed by atoms with Crippen LogP contribution < -0.4 is 0 Å². The Bertz CT molecular complexity index is 725. The standard InChI is InChI=1S/C18H17ClO2S/c19-12-5-6-18-16(11-12)14(8-10-21)13(7-9-20)15-3-1-2-4-17(15)22-18/h1-6,11,20-21H,7-10H2. The summed E-state index contributed by atoms with van der Waals surface area (Å²) in [6, 6.07) is 14.1. The van der Waals surface area contributed by atoms with E-state index in [-0.39, 0.29) is 13.2 Å². The van der Waals surface area contributed by atoms with Crippen LogP contribution in [0, 0.1) is 0 Å². The van der Waals surface area contributed by atoms with Crippen LogP contribution in [0.5, 0.6) is 0 Å². The molecule has 1 aliphatic heterocycles. The number of aliphatic hydroxyl groups excluding tert-OH is 2. The molecule has 0 fully saturated rings. The highest BCUT2D eigenvalue weighted by Crippen LogP contribution is 2.46.